The summed E-state index contributed by atoms with van der Waals surface area (Å²) in [5.74, 6) is 0.0541. The molecule has 4 heteroatoms. The van der Waals surface area contributed by atoms with Gasteiger partial charge in [0.15, 0.2) is 5.78 Å². The summed E-state index contributed by atoms with van der Waals surface area (Å²) in [6.07, 6.45) is -4.02. The van der Waals surface area contributed by atoms with Gasteiger partial charge in [0.05, 0.1) is 5.56 Å². The predicted molar refractivity (Wildman–Crippen MR) is 69.0 cm³/mol. The van der Waals surface area contributed by atoms with Gasteiger partial charge in [0.2, 0.25) is 0 Å². The van der Waals surface area contributed by atoms with Gasteiger partial charge in [-0.15, -0.1) is 0 Å². The Bertz CT molecular complexity index is 438. The zero-order chi connectivity index (χ0) is 14.8. The zero-order valence-electron chi connectivity index (χ0n) is 11.6. The van der Waals surface area contributed by atoms with Gasteiger partial charge in [-0.3, -0.25) is 4.79 Å². The molecule has 1 rings (SSSR count). The monoisotopic (exact) mass is 272 g/mol. The molecule has 0 bridgehead atoms. The molecule has 1 atom stereocenters. The topological polar surface area (TPSA) is 17.1 Å². The number of benzene rings is 1. The molecule has 106 valence electrons. The highest BCUT2D eigenvalue weighted by Gasteiger charge is 2.30. The largest absolute Gasteiger partial charge is 0.416 e. The highest BCUT2D eigenvalue weighted by molar-refractivity contribution is 5.96. The van der Waals surface area contributed by atoms with E-state index in [1.807, 2.05) is 27.7 Å². The van der Waals surface area contributed by atoms with Gasteiger partial charge in [-0.2, -0.15) is 13.2 Å². The maximum Gasteiger partial charge on any atom is 0.416 e. The number of halogens is 3. The molecule has 1 aromatic carbocycles. The summed E-state index contributed by atoms with van der Waals surface area (Å²) >= 11 is 0. The number of Topliss-reactive ketones (excluding diaryl/α,β-unsaturated/α-hetero) is 1. The highest BCUT2D eigenvalue weighted by atomic mass is 19.4. The molecular weight excluding hydrogens is 253 g/mol. The van der Waals surface area contributed by atoms with Crippen LogP contribution in [0.1, 0.15) is 50.0 Å². The molecule has 0 N–H and O–H groups in total. The first-order chi connectivity index (χ1) is 8.51. The first-order valence-corrected chi connectivity index (χ1v) is 6.22. The van der Waals surface area contributed by atoms with Gasteiger partial charge in [-0.05, 0) is 23.5 Å². The van der Waals surface area contributed by atoms with Crippen LogP contribution in [0.3, 0.4) is 0 Å². The fourth-order valence-corrected chi connectivity index (χ4v) is 1.55. The number of hydrogen-bond donors (Lipinski definition) is 0. The van der Waals surface area contributed by atoms with Crippen LogP contribution in [0.5, 0.6) is 0 Å². The molecule has 1 aromatic rings. The summed E-state index contributed by atoms with van der Waals surface area (Å²) in [6, 6.07) is 4.41. The second kappa shape index (κ2) is 5.35. The third-order valence-electron chi connectivity index (χ3n) is 3.50. The van der Waals surface area contributed by atoms with E-state index in [0.717, 1.165) is 12.1 Å². The van der Waals surface area contributed by atoms with Crippen LogP contribution >= 0.6 is 0 Å². The molecule has 0 spiro atoms. The van der Waals surface area contributed by atoms with Crippen LogP contribution in [0.25, 0.3) is 0 Å². The molecule has 0 heterocycles. The number of carbonyl (C=O) groups is 1. The summed E-state index contributed by atoms with van der Waals surface area (Å²) in [6.45, 7) is 8.09. The van der Waals surface area contributed by atoms with E-state index in [-0.39, 0.29) is 17.1 Å². The summed E-state index contributed by atoms with van der Waals surface area (Å²) < 4.78 is 37.2. The third kappa shape index (κ3) is 4.37. The minimum absolute atomic E-state index is 0.00156. The SMILES string of the molecule is CC(CC(=O)c1ccc(C(F)(F)F)cc1)C(C)(C)C. The van der Waals surface area contributed by atoms with Crippen molar-refractivity contribution in [3.8, 4) is 0 Å². The fraction of sp³-hybridized carbons (Fsp3) is 0.533. The second-order valence-corrected chi connectivity index (χ2v) is 5.97. The summed E-state index contributed by atoms with van der Waals surface area (Å²) in [5, 5.41) is 0. The Kier molecular flexibility index (Phi) is 4.43. The Morgan fingerprint density at radius 2 is 1.58 bits per heavy atom. The number of hydrogen-bond acceptors (Lipinski definition) is 1. The zero-order valence-corrected chi connectivity index (χ0v) is 11.6. The van der Waals surface area contributed by atoms with E-state index >= 15 is 0 Å². The number of ketones is 1. The third-order valence-corrected chi connectivity index (χ3v) is 3.50. The number of alkyl halides is 3. The molecule has 0 amide bonds. The predicted octanol–water partition coefficient (Wildman–Crippen LogP) is 4.96. The van der Waals surface area contributed by atoms with E-state index in [0.29, 0.717) is 12.0 Å². The van der Waals surface area contributed by atoms with Crippen molar-refractivity contribution in [2.75, 3.05) is 0 Å². The fourth-order valence-electron chi connectivity index (χ4n) is 1.55. The molecule has 1 unspecified atom stereocenters. The van der Waals surface area contributed by atoms with Crippen LogP contribution in [-0.2, 0) is 6.18 Å². The second-order valence-electron chi connectivity index (χ2n) is 5.97. The Morgan fingerprint density at radius 3 is 1.95 bits per heavy atom. The van der Waals surface area contributed by atoms with E-state index < -0.39 is 11.7 Å². The van der Waals surface area contributed by atoms with E-state index in [4.69, 9.17) is 0 Å². The molecule has 1 nitrogen and oxygen atoms in total. The lowest BCUT2D eigenvalue weighted by atomic mass is 9.78. The molecule has 0 saturated heterocycles. The maximum absolute atomic E-state index is 12.4. The van der Waals surface area contributed by atoms with Crippen LogP contribution in [0.15, 0.2) is 24.3 Å². The first kappa shape index (κ1) is 15.7. The lowest BCUT2D eigenvalue weighted by Crippen LogP contribution is -2.20. The van der Waals surface area contributed by atoms with Gasteiger partial charge in [0, 0.05) is 12.0 Å². The molecule has 0 aromatic heterocycles. The number of carbonyl (C=O) groups excluding carboxylic acids is 1. The van der Waals surface area contributed by atoms with Gasteiger partial charge < -0.3 is 0 Å². The van der Waals surface area contributed by atoms with Crippen molar-refractivity contribution in [3.63, 3.8) is 0 Å². The van der Waals surface area contributed by atoms with Gasteiger partial charge in [-0.25, -0.2) is 0 Å². The average Bonchev–Trinajstić information content (AvgIpc) is 2.26. The minimum Gasteiger partial charge on any atom is -0.294 e. The molecular formula is C15H19F3O. The minimum atomic E-state index is -4.36. The van der Waals surface area contributed by atoms with Gasteiger partial charge >= 0.3 is 6.18 Å². The Balaban J connectivity index is 2.80. The van der Waals surface area contributed by atoms with Crippen LogP contribution in [0, 0.1) is 11.3 Å². The highest BCUT2D eigenvalue weighted by Crippen LogP contribution is 2.31. The first-order valence-electron chi connectivity index (χ1n) is 6.22. The van der Waals surface area contributed by atoms with Crippen molar-refractivity contribution in [2.45, 2.75) is 40.3 Å². The van der Waals surface area contributed by atoms with E-state index in [1.165, 1.54) is 12.1 Å². The van der Waals surface area contributed by atoms with E-state index in [9.17, 15) is 18.0 Å². The Labute approximate surface area is 111 Å². The van der Waals surface area contributed by atoms with Crippen molar-refractivity contribution >= 4 is 5.78 Å². The van der Waals surface area contributed by atoms with Crippen molar-refractivity contribution in [3.05, 3.63) is 35.4 Å². The average molecular weight is 272 g/mol. The van der Waals surface area contributed by atoms with Crippen LogP contribution in [0.4, 0.5) is 13.2 Å². The van der Waals surface area contributed by atoms with Crippen molar-refractivity contribution in [1.29, 1.82) is 0 Å². The van der Waals surface area contributed by atoms with Crippen LogP contribution in [-0.4, -0.2) is 5.78 Å². The molecule has 0 aliphatic rings. The summed E-state index contributed by atoms with van der Waals surface area (Å²) in [4.78, 5) is 12.0. The van der Waals surface area contributed by atoms with Gasteiger partial charge in [0.25, 0.3) is 0 Å². The quantitative estimate of drug-likeness (QED) is 0.711. The molecule has 0 saturated carbocycles. The lowest BCUT2D eigenvalue weighted by molar-refractivity contribution is -0.137. The van der Waals surface area contributed by atoms with E-state index in [2.05, 4.69) is 0 Å². The van der Waals surface area contributed by atoms with Crippen LogP contribution < -0.4 is 0 Å². The summed E-state index contributed by atoms with van der Waals surface area (Å²) in [7, 11) is 0. The maximum atomic E-state index is 12.4. The Morgan fingerprint density at radius 1 is 1.11 bits per heavy atom. The molecule has 0 aliphatic heterocycles. The van der Waals surface area contributed by atoms with Crippen LogP contribution in [0.2, 0.25) is 0 Å². The molecule has 0 fully saturated rings. The van der Waals surface area contributed by atoms with Crippen molar-refractivity contribution in [2.24, 2.45) is 11.3 Å². The van der Waals surface area contributed by atoms with Gasteiger partial charge in [-0.1, -0.05) is 39.8 Å². The van der Waals surface area contributed by atoms with Crippen molar-refractivity contribution < 1.29 is 18.0 Å². The number of rotatable bonds is 3. The standard InChI is InChI=1S/C15H19F3O/c1-10(14(2,3)4)9-13(19)11-5-7-12(8-6-11)15(16,17)18/h5-8,10H,9H2,1-4H3. The van der Waals surface area contributed by atoms with Crippen molar-refractivity contribution in [1.82, 2.24) is 0 Å². The van der Waals surface area contributed by atoms with Gasteiger partial charge in [0.1, 0.15) is 0 Å². The van der Waals surface area contributed by atoms with E-state index in [1.54, 1.807) is 0 Å². The summed E-state index contributed by atoms with van der Waals surface area (Å²) in [5.41, 5.74) is -0.390. The molecule has 19 heavy (non-hydrogen) atoms. The molecule has 0 aliphatic carbocycles. The normalized spacial score (nSPS) is 14.3. The Hall–Kier alpha value is -1.32. The lowest BCUT2D eigenvalue weighted by Gasteiger charge is -2.26. The smallest absolute Gasteiger partial charge is 0.294 e. The molecule has 0 radical (unpaired) electrons.